The van der Waals surface area contributed by atoms with E-state index in [0.29, 0.717) is 0 Å². The van der Waals surface area contributed by atoms with Gasteiger partial charge in [0.1, 0.15) is 0 Å². The first kappa shape index (κ1) is 13.9. The van der Waals surface area contributed by atoms with E-state index >= 15 is 0 Å². The van der Waals surface area contributed by atoms with Gasteiger partial charge in [0.25, 0.3) is 0 Å². The number of carbonyl (C=O) groups is 1. The number of hydrogen-bond donors (Lipinski definition) is 1. The molecular weight excluding hydrogens is 260 g/mol. The summed E-state index contributed by atoms with van der Waals surface area (Å²) in [7, 11) is 0. The Bertz CT molecular complexity index is 544. The molecule has 1 aliphatic rings. The molecular formula is C19H20O2. The molecule has 3 rings (SSSR count). The summed E-state index contributed by atoms with van der Waals surface area (Å²) >= 11 is 0. The molecule has 2 nitrogen and oxygen atoms in total. The second kappa shape index (κ2) is 6.13. The van der Waals surface area contributed by atoms with E-state index in [1.54, 1.807) is 0 Å². The van der Waals surface area contributed by atoms with Crippen LogP contribution in [0.15, 0.2) is 60.7 Å². The van der Waals surface area contributed by atoms with Crippen LogP contribution in [0, 0.1) is 5.92 Å². The highest BCUT2D eigenvalue weighted by atomic mass is 16.4. The van der Waals surface area contributed by atoms with Gasteiger partial charge in [-0.1, -0.05) is 67.1 Å². The van der Waals surface area contributed by atoms with E-state index < -0.39 is 5.97 Å². The lowest BCUT2D eigenvalue weighted by atomic mass is 9.67. The molecule has 0 saturated heterocycles. The summed E-state index contributed by atoms with van der Waals surface area (Å²) in [5.74, 6) is -0.772. The summed E-state index contributed by atoms with van der Waals surface area (Å²) in [5.41, 5.74) is 2.32. The molecule has 0 amide bonds. The van der Waals surface area contributed by atoms with Gasteiger partial charge >= 0.3 is 5.97 Å². The molecule has 1 fully saturated rings. The zero-order chi connectivity index (χ0) is 14.7. The van der Waals surface area contributed by atoms with E-state index in [1.165, 1.54) is 0 Å². The minimum atomic E-state index is -0.669. The second-order valence-electron chi connectivity index (χ2n) is 5.83. The van der Waals surface area contributed by atoms with Crippen LogP contribution in [-0.2, 0) is 4.79 Å². The minimum Gasteiger partial charge on any atom is -0.481 e. The van der Waals surface area contributed by atoms with Gasteiger partial charge in [0.05, 0.1) is 5.92 Å². The van der Waals surface area contributed by atoms with Crippen molar-refractivity contribution in [3.8, 4) is 0 Å². The molecule has 0 radical (unpaired) electrons. The standard InChI is InChI=1S/C19H20O2/c20-19(21)18-16(14-8-3-1-4-9-14)12-7-13-17(18)15-10-5-2-6-11-15/h1-6,8-11,16-18H,7,12-13H2,(H,20,21). The first-order valence-corrected chi connectivity index (χ1v) is 7.60. The third-order valence-corrected chi connectivity index (χ3v) is 4.64. The van der Waals surface area contributed by atoms with Crippen molar-refractivity contribution in [2.24, 2.45) is 5.92 Å². The summed E-state index contributed by atoms with van der Waals surface area (Å²) in [6, 6.07) is 20.2. The van der Waals surface area contributed by atoms with E-state index in [2.05, 4.69) is 24.3 Å². The van der Waals surface area contributed by atoms with Gasteiger partial charge < -0.3 is 5.11 Å². The van der Waals surface area contributed by atoms with Crippen molar-refractivity contribution in [1.29, 1.82) is 0 Å². The Balaban J connectivity index is 1.97. The van der Waals surface area contributed by atoms with Crippen molar-refractivity contribution in [2.75, 3.05) is 0 Å². The monoisotopic (exact) mass is 280 g/mol. The fourth-order valence-corrected chi connectivity index (χ4v) is 3.69. The third kappa shape index (κ3) is 2.85. The SMILES string of the molecule is O=C(O)C1C(c2ccccc2)CCCC1c1ccccc1. The molecule has 2 heteroatoms. The smallest absolute Gasteiger partial charge is 0.307 e. The largest absolute Gasteiger partial charge is 0.481 e. The predicted molar refractivity (Wildman–Crippen MR) is 83.3 cm³/mol. The maximum atomic E-state index is 11.9. The zero-order valence-corrected chi connectivity index (χ0v) is 12.0. The summed E-state index contributed by atoms with van der Waals surface area (Å²) in [5, 5.41) is 9.80. The number of hydrogen-bond acceptors (Lipinski definition) is 1. The predicted octanol–water partition coefficient (Wildman–Crippen LogP) is 4.44. The highest BCUT2D eigenvalue weighted by Crippen LogP contribution is 2.46. The van der Waals surface area contributed by atoms with E-state index in [9.17, 15) is 9.90 Å². The van der Waals surface area contributed by atoms with E-state index in [4.69, 9.17) is 0 Å². The fraction of sp³-hybridized carbons (Fsp3) is 0.316. The van der Waals surface area contributed by atoms with Gasteiger partial charge in [-0.2, -0.15) is 0 Å². The number of aliphatic carboxylic acids is 1. The van der Waals surface area contributed by atoms with Gasteiger partial charge in [-0.25, -0.2) is 0 Å². The number of rotatable bonds is 3. The summed E-state index contributed by atoms with van der Waals surface area (Å²) in [6.45, 7) is 0. The van der Waals surface area contributed by atoms with Crippen molar-refractivity contribution in [1.82, 2.24) is 0 Å². The highest BCUT2D eigenvalue weighted by Gasteiger charge is 2.39. The molecule has 0 aliphatic heterocycles. The van der Waals surface area contributed by atoms with Crippen molar-refractivity contribution in [2.45, 2.75) is 31.1 Å². The van der Waals surface area contributed by atoms with Crippen LogP contribution in [0.2, 0.25) is 0 Å². The Morgan fingerprint density at radius 3 is 1.62 bits per heavy atom. The normalized spacial score (nSPS) is 25.4. The maximum Gasteiger partial charge on any atom is 0.307 e. The van der Waals surface area contributed by atoms with E-state index in [1.807, 2.05) is 36.4 Å². The molecule has 2 atom stereocenters. The Morgan fingerprint density at radius 2 is 1.24 bits per heavy atom. The third-order valence-electron chi connectivity index (χ3n) is 4.64. The molecule has 0 heterocycles. The van der Waals surface area contributed by atoms with Gasteiger partial charge in [0.2, 0.25) is 0 Å². The summed E-state index contributed by atoms with van der Waals surface area (Å²) < 4.78 is 0. The first-order chi connectivity index (χ1) is 10.3. The van der Waals surface area contributed by atoms with Crippen molar-refractivity contribution in [3.05, 3.63) is 71.8 Å². The molecule has 0 spiro atoms. The molecule has 2 aromatic rings. The molecule has 1 N–H and O–H groups in total. The van der Waals surface area contributed by atoms with Gasteiger partial charge in [-0.3, -0.25) is 4.79 Å². The van der Waals surface area contributed by atoms with Crippen molar-refractivity contribution in [3.63, 3.8) is 0 Å². The van der Waals surface area contributed by atoms with Crippen LogP contribution in [0.4, 0.5) is 0 Å². The Morgan fingerprint density at radius 1 is 0.810 bits per heavy atom. The van der Waals surface area contributed by atoms with E-state index in [-0.39, 0.29) is 17.8 Å². The Kier molecular flexibility index (Phi) is 4.05. The minimum absolute atomic E-state index is 0.114. The summed E-state index contributed by atoms with van der Waals surface area (Å²) in [6.07, 6.45) is 3.01. The Hall–Kier alpha value is -2.09. The van der Waals surface area contributed by atoms with Crippen LogP contribution >= 0.6 is 0 Å². The van der Waals surface area contributed by atoms with Crippen LogP contribution < -0.4 is 0 Å². The molecule has 2 aromatic carbocycles. The lowest BCUT2D eigenvalue weighted by Gasteiger charge is -2.36. The number of carboxylic acids is 1. The van der Waals surface area contributed by atoms with Gasteiger partial charge in [0.15, 0.2) is 0 Å². The molecule has 1 saturated carbocycles. The topological polar surface area (TPSA) is 37.3 Å². The van der Waals surface area contributed by atoms with Crippen LogP contribution in [-0.4, -0.2) is 11.1 Å². The average molecular weight is 280 g/mol. The second-order valence-corrected chi connectivity index (χ2v) is 5.83. The lowest BCUT2D eigenvalue weighted by Crippen LogP contribution is -2.32. The van der Waals surface area contributed by atoms with Crippen LogP contribution in [0.3, 0.4) is 0 Å². The number of benzene rings is 2. The Labute approximate surface area is 125 Å². The van der Waals surface area contributed by atoms with Gasteiger partial charge in [0, 0.05) is 0 Å². The maximum absolute atomic E-state index is 11.9. The van der Waals surface area contributed by atoms with E-state index in [0.717, 1.165) is 30.4 Å². The van der Waals surface area contributed by atoms with Gasteiger partial charge in [-0.05, 0) is 35.8 Å². The highest BCUT2D eigenvalue weighted by molar-refractivity contribution is 5.73. The lowest BCUT2D eigenvalue weighted by molar-refractivity contribution is -0.144. The molecule has 0 aromatic heterocycles. The van der Waals surface area contributed by atoms with Crippen LogP contribution in [0.5, 0.6) is 0 Å². The first-order valence-electron chi connectivity index (χ1n) is 7.60. The summed E-state index contributed by atoms with van der Waals surface area (Å²) in [4.78, 5) is 11.9. The molecule has 1 aliphatic carbocycles. The zero-order valence-electron chi connectivity index (χ0n) is 12.0. The molecule has 108 valence electrons. The number of carboxylic acid groups (broad SMARTS) is 1. The van der Waals surface area contributed by atoms with Crippen molar-refractivity contribution < 1.29 is 9.90 Å². The molecule has 2 unspecified atom stereocenters. The molecule has 0 bridgehead atoms. The fourth-order valence-electron chi connectivity index (χ4n) is 3.69. The molecule has 21 heavy (non-hydrogen) atoms. The van der Waals surface area contributed by atoms with Crippen LogP contribution in [0.1, 0.15) is 42.2 Å². The average Bonchev–Trinajstić information content (AvgIpc) is 2.55. The van der Waals surface area contributed by atoms with Crippen LogP contribution in [0.25, 0.3) is 0 Å². The van der Waals surface area contributed by atoms with Gasteiger partial charge in [-0.15, -0.1) is 0 Å². The quantitative estimate of drug-likeness (QED) is 0.902. The van der Waals surface area contributed by atoms with Crippen molar-refractivity contribution >= 4 is 5.97 Å².